The second kappa shape index (κ2) is 3.80. The van der Waals surface area contributed by atoms with E-state index in [2.05, 4.69) is 4.72 Å². The lowest BCUT2D eigenvalue weighted by Gasteiger charge is -2.14. The molecule has 0 aromatic heterocycles. The molecule has 0 aliphatic heterocycles. The number of hydrogen-bond donors (Lipinski definition) is 2. The number of rotatable bonds is 4. The summed E-state index contributed by atoms with van der Waals surface area (Å²) in [6.07, 6.45) is 1.51. The van der Waals surface area contributed by atoms with E-state index in [9.17, 15) is 12.8 Å². The number of benzene rings is 1. The predicted molar refractivity (Wildman–Crippen MR) is 57.7 cm³/mol. The van der Waals surface area contributed by atoms with Gasteiger partial charge in [-0.1, -0.05) is 0 Å². The second-order valence-electron chi connectivity index (χ2n) is 4.04. The van der Waals surface area contributed by atoms with Gasteiger partial charge in [0.1, 0.15) is 5.82 Å². The molecule has 6 heteroatoms. The van der Waals surface area contributed by atoms with Gasteiger partial charge in [-0.3, -0.25) is 0 Å². The molecule has 2 rings (SSSR count). The Hall–Kier alpha value is -0.980. The zero-order valence-electron chi connectivity index (χ0n) is 8.61. The largest absolute Gasteiger partial charge is 0.329 e. The standard InChI is InChI=1S/C10H13FN2O2S/c11-8-1-3-9(4-2-8)16(14,15)13-10(7-12)5-6-10/h1-4,13H,5-7,12H2. The molecule has 1 aromatic carbocycles. The van der Waals surface area contributed by atoms with Crippen molar-refractivity contribution in [2.24, 2.45) is 5.73 Å². The minimum atomic E-state index is -3.58. The SMILES string of the molecule is NCC1(NS(=O)(=O)c2ccc(F)cc2)CC1. The second-order valence-corrected chi connectivity index (χ2v) is 5.73. The zero-order valence-corrected chi connectivity index (χ0v) is 9.43. The fourth-order valence-corrected chi connectivity index (χ4v) is 2.93. The molecule has 0 spiro atoms. The van der Waals surface area contributed by atoms with Gasteiger partial charge in [-0.05, 0) is 37.1 Å². The Morgan fingerprint density at radius 2 is 1.88 bits per heavy atom. The summed E-state index contributed by atoms with van der Waals surface area (Å²) in [5.74, 6) is -0.459. The number of nitrogens with two attached hydrogens (primary N) is 1. The summed E-state index contributed by atoms with van der Waals surface area (Å²) in [4.78, 5) is 0.0635. The van der Waals surface area contributed by atoms with E-state index in [1.807, 2.05) is 0 Å². The highest BCUT2D eigenvalue weighted by atomic mass is 32.2. The molecule has 0 amide bonds. The Morgan fingerprint density at radius 1 is 1.31 bits per heavy atom. The number of sulfonamides is 1. The van der Waals surface area contributed by atoms with Crippen LogP contribution in [0.3, 0.4) is 0 Å². The molecule has 3 N–H and O–H groups in total. The zero-order chi connectivity index (χ0) is 11.8. The van der Waals surface area contributed by atoms with Crippen molar-refractivity contribution in [2.45, 2.75) is 23.3 Å². The van der Waals surface area contributed by atoms with Crippen LogP contribution in [0.25, 0.3) is 0 Å². The number of nitrogens with one attached hydrogen (secondary N) is 1. The van der Waals surface area contributed by atoms with Crippen LogP contribution in [0.15, 0.2) is 29.2 Å². The highest BCUT2D eigenvalue weighted by Crippen LogP contribution is 2.35. The van der Waals surface area contributed by atoms with Gasteiger partial charge in [-0.15, -0.1) is 0 Å². The topological polar surface area (TPSA) is 72.2 Å². The molecule has 0 saturated heterocycles. The fourth-order valence-electron chi connectivity index (χ4n) is 1.46. The van der Waals surface area contributed by atoms with Gasteiger partial charge in [-0.25, -0.2) is 17.5 Å². The van der Waals surface area contributed by atoms with Crippen molar-refractivity contribution in [2.75, 3.05) is 6.54 Å². The summed E-state index contributed by atoms with van der Waals surface area (Å²) < 4.78 is 38.9. The molecule has 1 aliphatic carbocycles. The smallest absolute Gasteiger partial charge is 0.241 e. The van der Waals surface area contributed by atoms with Crippen LogP contribution in [0.4, 0.5) is 4.39 Å². The molecule has 1 aromatic rings. The van der Waals surface area contributed by atoms with Gasteiger partial charge >= 0.3 is 0 Å². The van der Waals surface area contributed by atoms with Gasteiger partial charge in [0.15, 0.2) is 0 Å². The first-order valence-corrected chi connectivity index (χ1v) is 6.45. The molecule has 88 valence electrons. The highest BCUT2D eigenvalue weighted by molar-refractivity contribution is 7.89. The quantitative estimate of drug-likeness (QED) is 0.814. The minimum absolute atomic E-state index is 0.0635. The Kier molecular flexibility index (Phi) is 2.73. The van der Waals surface area contributed by atoms with Gasteiger partial charge in [-0.2, -0.15) is 0 Å². The molecule has 16 heavy (non-hydrogen) atoms. The highest BCUT2D eigenvalue weighted by Gasteiger charge is 2.44. The molecular weight excluding hydrogens is 231 g/mol. The average molecular weight is 244 g/mol. The Morgan fingerprint density at radius 3 is 2.31 bits per heavy atom. The summed E-state index contributed by atoms with van der Waals surface area (Å²) in [6.45, 7) is 0.285. The lowest BCUT2D eigenvalue weighted by atomic mass is 10.3. The summed E-state index contributed by atoms with van der Waals surface area (Å²) in [6, 6.07) is 4.72. The first-order valence-electron chi connectivity index (χ1n) is 4.97. The molecule has 0 heterocycles. The lowest BCUT2D eigenvalue weighted by Crippen LogP contribution is -2.42. The Bertz CT molecular complexity index is 480. The van der Waals surface area contributed by atoms with E-state index in [0.717, 1.165) is 25.0 Å². The van der Waals surface area contributed by atoms with Crippen LogP contribution in [-0.4, -0.2) is 20.5 Å². The van der Waals surface area contributed by atoms with Crippen molar-refractivity contribution in [1.29, 1.82) is 0 Å². The normalized spacial score (nSPS) is 18.4. The maximum absolute atomic E-state index is 12.7. The molecular formula is C10H13FN2O2S. The van der Waals surface area contributed by atoms with Crippen molar-refractivity contribution in [1.82, 2.24) is 4.72 Å². The van der Waals surface area contributed by atoms with Crippen LogP contribution in [0, 0.1) is 5.82 Å². The first kappa shape index (κ1) is 11.5. The van der Waals surface area contributed by atoms with Crippen LogP contribution in [0.5, 0.6) is 0 Å². The molecule has 1 aliphatic rings. The third kappa shape index (κ3) is 2.23. The van der Waals surface area contributed by atoms with Crippen molar-refractivity contribution in [3.05, 3.63) is 30.1 Å². The minimum Gasteiger partial charge on any atom is -0.329 e. The van der Waals surface area contributed by atoms with E-state index in [0.29, 0.717) is 0 Å². The Labute approximate surface area is 93.7 Å². The van der Waals surface area contributed by atoms with Gasteiger partial charge < -0.3 is 5.73 Å². The van der Waals surface area contributed by atoms with Crippen LogP contribution >= 0.6 is 0 Å². The van der Waals surface area contributed by atoms with Gasteiger partial charge in [0, 0.05) is 12.1 Å². The first-order chi connectivity index (χ1) is 7.47. The van der Waals surface area contributed by atoms with Crippen molar-refractivity contribution in [3.63, 3.8) is 0 Å². The summed E-state index contributed by atoms with van der Waals surface area (Å²) in [7, 11) is -3.58. The van der Waals surface area contributed by atoms with Crippen LogP contribution in [0.1, 0.15) is 12.8 Å². The molecule has 0 atom stereocenters. The van der Waals surface area contributed by atoms with Crippen LogP contribution in [0.2, 0.25) is 0 Å². The van der Waals surface area contributed by atoms with E-state index in [1.54, 1.807) is 0 Å². The van der Waals surface area contributed by atoms with E-state index in [-0.39, 0.29) is 11.4 Å². The molecule has 0 radical (unpaired) electrons. The fraction of sp³-hybridized carbons (Fsp3) is 0.400. The van der Waals surface area contributed by atoms with Crippen LogP contribution < -0.4 is 10.5 Å². The van der Waals surface area contributed by atoms with E-state index < -0.39 is 21.4 Å². The molecule has 0 unspecified atom stereocenters. The van der Waals surface area contributed by atoms with Crippen molar-refractivity contribution in [3.8, 4) is 0 Å². The van der Waals surface area contributed by atoms with Crippen LogP contribution in [-0.2, 0) is 10.0 Å². The molecule has 1 saturated carbocycles. The third-order valence-electron chi connectivity index (χ3n) is 2.72. The summed E-state index contributed by atoms with van der Waals surface area (Å²) >= 11 is 0. The van der Waals surface area contributed by atoms with Gasteiger partial charge in [0.2, 0.25) is 10.0 Å². The maximum atomic E-state index is 12.7. The Balaban J connectivity index is 2.22. The van der Waals surface area contributed by atoms with Crippen molar-refractivity contribution >= 4 is 10.0 Å². The average Bonchev–Trinajstić information content (AvgIpc) is 2.98. The summed E-state index contributed by atoms with van der Waals surface area (Å²) in [5.41, 5.74) is 5.01. The van der Waals surface area contributed by atoms with E-state index in [1.165, 1.54) is 12.1 Å². The van der Waals surface area contributed by atoms with Gasteiger partial charge in [0.25, 0.3) is 0 Å². The van der Waals surface area contributed by atoms with E-state index >= 15 is 0 Å². The molecule has 4 nitrogen and oxygen atoms in total. The predicted octanol–water partition coefficient (Wildman–Crippen LogP) is 0.595. The summed E-state index contributed by atoms with van der Waals surface area (Å²) in [5, 5.41) is 0. The van der Waals surface area contributed by atoms with Crippen molar-refractivity contribution < 1.29 is 12.8 Å². The molecule has 0 bridgehead atoms. The maximum Gasteiger partial charge on any atom is 0.241 e. The lowest BCUT2D eigenvalue weighted by molar-refractivity contribution is 0.544. The number of hydrogen-bond acceptors (Lipinski definition) is 3. The van der Waals surface area contributed by atoms with E-state index in [4.69, 9.17) is 5.73 Å². The number of halogens is 1. The van der Waals surface area contributed by atoms with Gasteiger partial charge in [0.05, 0.1) is 4.90 Å². The molecule has 1 fully saturated rings. The third-order valence-corrected chi connectivity index (χ3v) is 4.31. The monoisotopic (exact) mass is 244 g/mol.